The van der Waals surface area contributed by atoms with Crippen LogP contribution in [0.4, 0.5) is 5.69 Å². The van der Waals surface area contributed by atoms with Gasteiger partial charge in [0.2, 0.25) is 0 Å². The summed E-state index contributed by atoms with van der Waals surface area (Å²) in [6.07, 6.45) is 0. The molecule has 1 heterocycles. The van der Waals surface area contributed by atoms with Gasteiger partial charge < -0.3 is 14.8 Å². The monoisotopic (exact) mass is 314 g/mol. The Morgan fingerprint density at radius 2 is 1.91 bits per heavy atom. The zero-order valence-electron chi connectivity index (χ0n) is 11.4. The van der Waals surface area contributed by atoms with Gasteiger partial charge in [-0.25, -0.2) is 0 Å². The summed E-state index contributed by atoms with van der Waals surface area (Å²) in [4.78, 5) is 12.3. The zero-order valence-corrected chi connectivity index (χ0v) is 12.2. The molecule has 1 N–H and O–H groups in total. The van der Waals surface area contributed by atoms with Gasteiger partial charge in [0.1, 0.15) is 13.2 Å². The molecule has 0 radical (unpaired) electrons. The van der Waals surface area contributed by atoms with E-state index in [9.17, 15) is 4.79 Å². The lowest BCUT2D eigenvalue weighted by atomic mass is 10.1. The standard InChI is InChI=1S/C16H11ClN2O3/c17-12-7-14-15(22-5-4-21-14)8-13(12)19-16(20)11-3-1-2-10(6-11)9-18/h1-3,6-8H,4-5H2,(H,19,20). The van der Waals surface area contributed by atoms with E-state index in [2.05, 4.69) is 5.32 Å². The molecule has 6 heteroatoms. The molecular weight excluding hydrogens is 304 g/mol. The second-order valence-corrected chi connectivity index (χ2v) is 5.03. The number of nitrogens with zero attached hydrogens (tertiary/aromatic N) is 1. The predicted molar refractivity (Wildman–Crippen MR) is 81.6 cm³/mol. The Hall–Kier alpha value is -2.71. The molecule has 1 aliphatic rings. The first-order chi connectivity index (χ1) is 10.7. The SMILES string of the molecule is N#Cc1cccc(C(=O)Nc2cc3c(cc2Cl)OCCO3)c1. The molecule has 3 rings (SSSR count). The van der Waals surface area contributed by atoms with Crippen LogP contribution in [0.3, 0.4) is 0 Å². The van der Waals surface area contributed by atoms with Crippen molar-refractivity contribution in [1.82, 2.24) is 0 Å². The van der Waals surface area contributed by atoms with Gasteiger partial charge in [-0.1, -0.05) is 17.7 Å². The lowest BCUT2D eigenvalue weighted by Crippen LogP contribution is -2.17. The van der Waals surface area contributed by atoms with E-state index in [4.69, 9.17) is 26.3 Å². The van der Waals surface area contributed by atoms with Crippen molar-refractivity contribution in [3.05, 3.63) is 52.5 Å². The van der Waals surface area contributed by atoms with E-state index in [1.807, 2.05) is 6.07 Å². The Kier molecular flexibility index (Phi) is 3.86. The topological polar surface area (TPSA) is 71.4 Å². The molecule has 2 aromatic carbocycles. The molecular formula is C16H11ClN2O3. The Balaban J connectivity index is 1.86. The Morgan fingerprint density at radius 1 is 1.18 bits per heavy atom. The largest absolute Gasteiger partial charge is 0.486 e. The van der Waals surface area contributed by atoms with Crippen LogP contribution in [0.1, 0.15) is 15.9 Å². The van der Waals surface area contributed by atoms with E-state index in [0.29, 0.717) is 46.5 Å². The van der Waals surface area contributed by atoms with Crippen LogP contribution < -0.4 is 14.8 Å². The van der Waals surface area contributed by atoms with E-state index < -0.39 is 0 Å². The highest BCUT2D eigenvalue weighted by molar-refractivity contribution is 6.34. The molecule has 0 aromatic heterocycles. The van der Waals surface area contributed by atoms with Crippen LogP contribution in [-0.2, 0) is 0 Å². The number of hydrogen-bond acceptors (Lipinski definition) is 4. The molecule has 110 valence electrons. The number of hydrogen-bond donors (Lipinski definition) is 1. The number of carbonyl (C=O) groups excluding carboxylic acids is 1. The average Bonchev–Trinajstić information content (AvgIpc) is 2.55. The molecule has 1 amide bonds. The van der Waals surface area contributed by atoms with Gasteiger partial charge in [0.15, 0.2) is 11.5 Å². The molecule has 0 bridgehead atoms. The molecule has 0 fully saturated rings. The summed E-state index contributed by atoms with van der Waals surface area (Å²) in [5, 5.41) is 11.9. The molecule has 2 aromatic rings. The van der Waals surface area contributed by atoms with Crippen LogP contribution in [0.25, 0.3) is 0 Å². The molecule has 0 atom stereocenters. The smallest absolute Gasteiger partial charge is 0.255 e. The van der Waals surface area contributed by atoms with Gasteiger partial charge >= 0.3 is 0 Å². The summed E-state index contributed by atoms with van der Waals surface area (Å²) in [5.41, 5.74) is 1.23. The molecule has 1 aliphatic heterocycles. The highest BCUT2D eigenvalue weighted by Gasteiger charge is 2.17. The minimum atomic E-state index is -0.351. The highest BCUT2D eigenvalue weighted by atomic mass is 35.5. The lowest BCUT2D eigenvalue weighted by molar-refractivity contribution is 0.102. The summed E-state index contributed by atoms with van der Waals surface area (Å²) in [5.74, 6) is 0.744. The fourth-order valence-electron chi connectivity index (χ4n) is 2.08. The van der Waals surface area contributed by atoms with Gasteiger partial charge in [-0.15, -0.1) is 0 Å². The normalized spacial score (nSPS) is 12.4. The molecule has 0 aliphatic carbocycles. The van der Waals surface area contributed by atoms with Crippen LogP contribution in [-0.4, -0.2) is 19.1 Å². The average molecular weight is 315 g/mol. The summed E-state index contributed by atoms with van der Waals surface area (Å²) in [6, 6.07) is 11.7. The number of fused-ring (bicyclic) bond motifs is 1. The van der Waals surface area contributed by atoms with Crippen molar-refractivity contribution in [1.29, 1.82) is 5.26 Å². The number of anilines is 1. The third kappa shape index (κ3) is 2.83. The summed E-state index contributed by atoms with van der Waals surface area (Å²) in [7, 11) is 0. The van der Waals surface area contributed by atoms with Crippen molar-refractivity contribution in [3.63, 3.8) is 0 Å². The van der Waals surface area contributed by atoms with Crippen molar-refractivity contribution >= 4 is 23.2 Å². The van der Waals surface area contributed by atoms with Gasteiger partial charge in [0.25, 0.3) is 5.91 Å². The second kappa shape index (κ2) is 5.96. The van der Waals surface area contributed by atoms with E-state index in [1.54, 1.807) is 30.3 Å². The van der Waals surface area contributed by atoms with Gasteiger partial charge in [-0.2, -0.15) is 5.26 Å². The minimum Gasteiger partial charge on any atom is -0.486 e. The maximum absolute atomic E-state index is 12.3. The minimum absolute atomic E-state index is 0.351. The van der Waals surface area contributed by atoms with E-state index >= 15 is 0 Å². The maximum atomic E-state index is 12.3. The van der Waals surface area contributed by atoms with Crippen molar-refractivity contribution < 1.29 is 14.3 Å². The van der Waals surface area contributed by atoms with Crippen molar-refractivity contribution in [2.45, 2.75) is 0 Å². The number of amides is 1. The fraction of sp³-hybridized carbons (Fsp3) is 0.125. The summed E-state index contributed by atoms with van der Waals surface area (Å²) >= 11 is 6.15. The zero-order chi connectivity index (χ0) is 15.5. The molecule has 0 saturated carbocycles. The third-order valence-corrected chi connectivity index (χ3v) is 3.45. The number of ether oxygens (including phenoxy) is 2. The second-order valence-electron chi connectivity index (χ2n) is 4.62. The Morgan fingerprint density at radius 3 is 2.64 bits per heavy atom. The Labute approximate surface area is 132 Å². The van der Waals surface area contributed by atoms with Crippen molar-refractivity contribution in [2.24, 2.45) is 0 Å². The van der Waals surface area contributed by atoms with Crippen molar-refractivity contribution in [2.75, 3.05) is 18.5 Å². The summed E-state index contributed by atoms with van der Waals surface area (Å²) < 4.78 is 10.9. The molecule has 5 nitrogen and oxygen atoms in total. The van der Waals surface area contributed by atoms with Gasteiger partial charge in [-0.05, 0) is 18.2 Å². The molecule has 0 unspecified atom stereocenters. The number of nitrogens with one attached hydrogen (secondary N) is 1. The van der Waals surface area contributed by atoms with E-state index in [0.717, 1.165) is 0 Å². The predicted octanol–water partition coefficient (Wildman–Crippen LogP) is 3.24. The summed E-state index contributed by atoms with van der Waals surface area (Å²) in [6.45, 7) is 0.919. The number of halogens is 1. The van der Waals surface area contributed by atoms with Crippen LogP contribution in [0.2, 0.25) is 5.02 Å². The number of rotatable bonds is 2. The van der Waals surface area contributed by atoms with Gasteiger partial charge in [0, 0.05) is 17.7 Å². The number of benzene rings is 2. The van der Waals surface area contributed by atoms with E-state index in [1.165, 1.54) is 6.07 Å². The number of carbonyl (C=O) groups is 1. The highest BCUT2D eigenvalue weighted by Crippen LogP contribution is 2.38. The van der Waals surface area contributed by atoms with Crippen LogP contribution >= 0.6 is 11.6 Å². The third-order valence-electron chi connectivity index (χ3n) is 3.13. The quantitative estimate of drug-likeness (QED) is 0.923. The Bertz CT molecular complexity index is 783. The number of nitriles is 1. The van der Waals surface area contributed by atoms with Crippen LogP contribution in [0.5, 0.6) is 11.5 Å². The molecule has 0 saturated heterocycles. The van der Waals surface area contributed by atoms with Gasteiger partial charge in [-0.3, -0.25) is 4.79 Å². The maximum Gasteiger partial charge on any atom is 0.255 e. The lowest BCUT2D eigenvalue weighted by Gasteiger charge is -2.20. The first-order valence-corrected chi connectivity index (χ1v) is 6.96. The van der Waals surface area contributed by atoms with Gasteiger partial charge in [0.05, 0.1) is 22.3 Å². The fourth-order valence-corrected chi connectivity index (χ4v) is 2.29. The first-order valence-electron chi connectivity index (χ1n) is 6.58. The van der Waals surface area contributed by atoms with Crippen LogP contribution in [0.15, 0.2) is 36.4 Å². The first kappa shape index (κ1) is 14.2. The van der Waals surface area contributed by atoms with E-state index in [-0.39, 0.29) is 5.91 Å². The van der Waals surface area contributed by atoms with Crippen molar-refractivity contribution in [3.8, 4) is 17.6 Å². The molecule has 22 heavy (non-hydrogen) atoms. The molecule has 0 spiro atoms. The van der Waals surface area contributed by atoms with Crippen LogP contribution in [0, 0.1) is 11.3 Å².